The van der Waals surface area contributed by atoms with Crippen LogP contribution in [-0.4, -0.2) is 76.8 Å². The molecular formula is C54H56BrClCu2O15. The molecule has 15 nitrogen and oxygen atoms in total. The Morgan fingerprint density at radius 1 is 0.603 bits per heavy atom. The molecule has 2 saturated heterocycles. The van der Waals surface area contributed by atoms with E-state index in [1.54, 1.807) is 72.8 Å². The molecule has 2 N–H and O–H groups in total. The molecule has 2 aliphatic heterocycles. The van der Waals surface area contributed by atoms with Crippen molar-refractivity contribution in [1.29, 1.82) is 0 Å². The zero-order chi connectivity index (χ0) is 49.9. The summed E-state index contributed by atoms with van der Waals surface area (Å²) in [6.45, 7) is 6.72. The number of rotatable bonds is 6. The van der Waals surface area contributed by atoms with Crippen LogP contribution in [0.15, 0.2) is 98.2 Å². The van der Waals surface area contributed by atoms with Crippen LogP contribution in [0.5, 0.6) is 0 Å². The minimum absolute atomic E-state index is 0. The Balaban J connectivity index is 0.000000336. The van der Waals surface area contributed by atoms with E-state index in [9.17, 15) is 39.0 Å². The number of terminal acetylenes is 1. The van der Waals surface area contributed by atoms with Crippen molar-refractivity contribution >= 4 is 68.8 Å². The van der Waals surface area contributed by atoms with Gasteiger partial charge in [-0.25, -0.2) is 0 Å². The van der Waals surface area contributed by atoms with E-state index in [-0.39, 0.29) is 131 Å². The Bertz CT molecular complexity index is 2730. The monoisotopic (exact) mass is 1180 g/mol. The summed E-state index contributed by atoms with van der Waals surface area (Å²) in [5.41, 5.74) is 2.73. The van der Waals surface area contributed by atoms with Crippen molar-refractivity contribution in [3.63, 3.8) is 0 Å². The number of fused-ring (bicyclic) bond motifs is 5. The van der Waals surface area contributed by atoms with Gasteiger partial charge in [0.05, 0.1) is 11.1 Å². The number of halogens is 2. The second-order valence-corrected chi connectivity index (χ2v) is 16.8. The number of allylic oxidation sites excluding steroid dienone is 1. The number of hydrogen-bond donors (Lipinski definition) is 2. The predicted octanol–water partition coefficient (Wildman–Crippen LogP) is 11.0. The SMILES string of the molecule is C.C.C#CC(C)OC1CCCCO1.CC(O)c1cc2c(o1)C(=O)c1ccccc1C2=O.CC(OC1CCCCO1)c1cc2c(o1)C(=O)c1ccccc1C2=O.Cl.O=C1C(=O)c2ccccc2C(O)=C1Br.[Cu].[O]=[Cu]. The van der Waals surface area contributed by atoms with Crippen molar-refractivity contribution in [1.82, 2.24) is 0 Å². The number of furan rings is 2. The molecule has 10 rings (SSSR count). The summed E-state index contributed by atoms with van der Waals surface area (Å²) >= 11 is 5.83. The van der Waals surface area contributed by atoms with E-state index >= 15 is 0 Å². The molecular weight excluding hydrogens is 1130 g/mol. The second kappa shape index (κ2) is 29.6. The van der Waals surface area contributed by atoms with Gasteiger partial charge in [0.15, 0.2) is 35.7 Å². The van der Waals surface area contributed by atoms with E-state index in [1.165, 1.54) is 25.5 Å². The van der Waals surface area contributed by atoms with Crippen LogP contribution < -0.4 is 0 Å². The van der Waals surface area contributed by atoms with E-state index in [2.05, 4.69) is 37.8 Å². The number of carbonyl (C=O) groups is 6. The quantitative estimate of drug-likeness (QED) is 0.0898. The van der Waals surface area contributed by atoms with Crippen LogP contribution in [0.4, 0.5) is 0 Å². The Morgan fingerprint density at radius 2 is 0.986 bits per heavy atom. The van der Waals surface area contributed by atoms with E-state index in [0.717, 1.165) is 38.7 Å². The third-order valence-electron chi connectivity index (χ3n) is 11.3. The van der Waals surface area contributed by atoms with E-state index in [0.29, 0.717) is 45.7 Å². The van der Waals surface area contributed by atoms with Gasteiger partial charge in [-0.1, -0.05) is 93.6 Å². The Kier molecular flexibility index (Phi) is 25.9. The molecule has 3 aliphatic carbocycles. The van der Waals surface area contributed by atoms with Gasteiger partial charge in [0.2, 0.25) is 23.1 Å². The molecule has 1 radical (unpaired) electrons. The fourth-order valence-electron chi connectivity index (χ4n) is 7.73. The first-order valence-corrected chi connectivity index (χ1v) is 23.1. The van der Waals surface area contributed by atoms with Crippen molar-refractivity contribution in [3.8, 4) is 12.3 Å². The van der Waals surface area contributed by atoms with Gasteiger partial charge in [-0.2, -0.15) is 0 Å². The first-order chi connectivity index (χ1) is 33.2. The molecule has 398 valence electrons. The van der Waals surface area contributed by atoms with Crippen molar-refractivity contribution < 1.29 is 104 Å². The summed E-state index contributed by atoms with van der Waals surface area (Å²) in [7, 11) is 0. The molecule has 4 heterocycles. The minimum atomic E-state index is -0.848. The summed E-state index contributed by atoms with van der Waals surface area (Å²) in [6, 6.07) is 23.0. The summed E-state index contributed by atoms with van der Waals surface area (Å²) in [4.78, 5) is 72.3. The van der Waals surface area contributed by atoms with Gasteiger partial charge < -0.3 is 38.0 Å². The van der Waals surface area contributed by atoms with Crippen LogP contribution in [0, 0.1) is 12.3 Å². The summed E-state index contributed by atoms with van der Waals surface area (Å²) < 4.78 is 40.9. The van der Waals surface area contributed by atoms with E-state index in [1.807, 2.05) is 13.8 Å². The fourth-order valence-corrected chi connectivity index (χ4v) is 8.12. The van der Waals surface area contributed by atoms with Crippen molar-refractivity contribution in [3.05, 3.63) is 157 Å². The van der Waals surface area contributed by atoms with Gasteiger partial charge >= 0.3 is 19.8 Å². The number of ether oxygens (including phenoxy) is 4. The Morgan fingerprint density at radius 3 is 1.40 bits per heavy atom. The summed E-state index contributed by atoms with van der Waals surface area (Å²) in [5, 5.41) is 19.0. The average Bonchev–Trinajstić information content (AvgIpc) is 4.06. The van der Waals surface area contributed by atoms with Crippen LogP contribution in [0.3, 0.4) is 0 Å². The predicted molar refractivity (Wildman–Crippen MR) is 266 cm³/mol. The van der Waals surface area contributed by atoms with Crippen molar-refractivity contribution in [2.75, 3.05) is 13.2 Å². The number of Topliss-reactive ketones (excluding diaryl/α,β-unsaturated/α-hetero) is 2. The van der Waals surface area contributed by atoms with Crippen molar-refractivity contribution in [2.24, 2.45) is 0 Å². The molecule has 2 fully saturated rings. The summed E-state index contributed by atoms with van der Waals surface area (Å²) in [6.07, 6.45) is 9.73. The second-order valence-electron chi connectivity index (χ2n) is 16.0. The zero-order valence-electron chi connectivity index (χ0n) is 38.3. The molecule has 5 atom stereocenters. The van der Waals surface area contributed by atoms with Gasteiger partial charge in [-0.15, -0.1) is 18.8 Å². The Labute approximate surface area is 457 Å². The van der Waals surface area contributed by atoms with Gasteiger partial charge in [0, 0.05) is 63.7 Å². The van der Waals surface area contributed by atoms with E-state index in [4.69, 9.17) is 38.0 Å². The van der Waals surface area contributed by atoms with Gasteiger partial charge in [0.1, 0.15) is 40.1 Å². The number of aliphatic hydroxyl groups is 2. The number of hydrogen-bond acceptors (Lipinski definition) is 15. The van der Waals surface area contributed by atoms with Crippen LogP contribution in [0.2, 0.25) is 0 Å². The molecule has 73 heavy (non-hydrogen) atoms. The first kappa shape index (κ1) is 63.9. The standard InChI is InChI=1S/C19H18O5.C14H10O4.C10H5BrO3.C9H14O2.2CH4.ClH.2Cu.O/c1-11(23-16-8-4-5-9-22-16)15-10-14-17(20)12-6-2-3-7-13(12)18(21)19(14)24-15;1-7(15)11-6-10-12(16)8-4-2-3-5-9(8)13(17)14(10)18-11;11-7-8(12)5-3-1-2-4-6(5)9(13)10(7)14;1-3-8(2)11-9-6-4-5-7-10-9;;;;;;/h2-3,6-7,10-11,16H,4-5,8-9H2,1H3;2-7,15H,1H3;1-4,12H;1,8-9H,4-7H2,2H3;2*1H4;1H;;;. The maximum atomic E-state index is 12.6. The van der Waals surface area contributed by atoms with E-state index < -0.39 is 17.7 Å². The molecule has 3 aromatic carbocycles. The number of benzene rings is 3. The van der Waals surface area contributed by atoms with Gasteiger partial charge in [-0.05, 0) is 87.4 Å². The van der Waals surface area contributed by atoms with Crippen LogP contribution >= 0.6 is 28.3 Å². The molecule has 0 spiro atoms. The first-order valence-electron chi connectivity index (χ1n) is 21.9. The number of aliphatic hydroxyl groups excluding tert-OH is 2. The molecule has 2 aromatic heterocycles. The van der Waals surface area contributed by atoms with Crippen LogP contribution in [0.1, 0.15) is 178 Å². The Hall–Kier alpha value is -5.25. The maximum absolute atomic E-state index is 12.6. The fraction of sp³-hybridized carbons (Fsp3) is 0.333. The van der Waals surface area contributed by atoms with Gasteiger partial charge in [-0.3, -0.25) is 28.8 Å². The molecule has 5 unspecified atom stereocenters. The molecule has 19 heteroatoms. The number of carbonyl (C=O) groups excluding carboxylic acids is 6. The molecule has 5 aliphatic rings. The molecule has 5 aromatic rings. The summed E-state index contributed by atoms with van der Waals surface area (Å²) in [5.74, 6) is 0.876. The van der Waals surface area contributed by atoms with Crippen LogP contribution in [0.25, 0.3) is 5.76 Å². The normalized spacial score (nSPS) is 18.0. The van der Waals surface area contributed by atoms with Crippen molar-refractivity contribution in [2.45, 2.75) is 105 Å². The van der Waals surface area contributed by atoms with Gasteiger partial charge in [0.25, 0.3) is 0 Å². The topological polar surface area (TPSA) is 223 Å². The molecule has 0 saturated carbocycles. The van der Waals surface area contributed by atoms with Crippen LogP contribution in [-0.2, 0) is 60.6 Å². The molecule has 0 amide bonds. The third kappa shape index (κ3) is 14.7. The zero-order valence-corrected chi connectivity index (χ0v) is 42.6. The number of ketones is 6. The third-order valence-corrected chi connectivity index (χ3v) is 12.0. The molecule has 0 bridgehead atoms. The average molecular weight is 1190 g/mol.